The lowest BCUT2D eigenvalue weighted by molar-refractivity contribution is -0.394. The summed E-state index contributed by atoms with van der Waals surface area (Å²) in [5.41, 5.74) is 1.55. The van der Waals surface area contributed by atoms with E-state index in [9.17, 15) is 20.2 Å². The zero-order valence-corrected chi connectivity index (χ0v) is 17.9. The molecule has 0 radical (unpaired) electrons. The van der Waals surface area contributed by atoms with Gasteiger partial charge in [0.05, 0.1) is 42.7 Å². The fourth-order valence-corrected chi connectivity index (χ4v) is 3.75. The summed E-state index contributed by atoms with van der Waals surface area (Å²) >= 11 is 12.3. The third-order valence-electron chi connectivity index (χ3n) is 4.91. The highest BCUT2D eigenvalue weighted by Crippen LogP contribution is 2.34. The molecule has 0 fully saturated rings. The summed E-state index contributed by atoms with van der Waals surface area (Å²) in [5, 5.41) is 23.4. The lowest BCUT2D eigenvalue weighted by atomic mass is 10.1. The van der Waals surface area contributed by atoms with Crippen LogP contribution < -0.4 is 0 Å². The fourth-order valence-electron chi connectivity index (χ4n) is 3.45. The van der Waals surface area contributed by atoms with Crippen LogP contribution >= 0.6 is 23.2 Å². The largest absolute Gasteiger partial charge is 0.277 e. The number of aromatic nitrogens is 4. The molecule has 2 aromatic heterocycles. The molecule has 162 valence electrons. The van der Waals surface area contributed by atoms with Gasteiger partial charge in [-0.3, -0.25) is 24.8 Å². The van der Waals surface area contributed by atoms with E-state index in [0.29, 0.717) is 27.4 Å². The van der Waals surface area contributed by atoms with Gasteiger partial charge < -0.3 is 0 Å². The Morgan fingerprint density at radius 3 is 2.00 bits per heavy atom. The Bertz CT molecular complexity index is 1590. The topological polar surface area (TPSA) is 130 Å². The van der Waals surface area contributed by atoms with Crippen LogP contribution in [0.1, 0.15) is 0 Å². The first-order valence-electron chi connectivity index (χ1n) is 9.37. The van der Waals surface area contributed by atoms with Crippen molar-refractivity contribution >= 4 is 56.9 Å². The number of benzene rings is 3. The molecular formula is C21H10Cl2N6O4. The van der Waals surface area contributed by atoms with Gasteiger partial charge in [-0.1, -0.05) is 35.3 Å². The molecule has 10 nitrogen and oxygen atoms in total. The van der Waals surface area contributed by atoms with E-state index in [1.54, 1.807) is 34.9 Å². The van der Waals surface area contributed by atoms with Gasteiger partial charge in [-0.15, -0.1) is 0 Å². The second-order valence-corrected chi connectivity index (χ2v) is 7.80. The number of halogens is 2. The minimum atomic E-state index is -0.701. The van der Waals surface area contributed by atoms with Crippen LogP contribution in [-0.4, -0.2) is 29.4 Å². The van der Waals surface area contributed by atoms with Crippen LogP contribution in [0.2, 0.25) is 10.0 Å². The molecule has 0 spiro atoms. The summed E-state index contributed by atoms with van der Waals surface area (Å²) in [6.45, 7) is 0. The van der Waals surface area contributed by atoms with Crippen molar-refractivity contribution in [3.05, 3.63) is 90.9 Å². The van der Waals surface area contributed by atoms with E-state index < -0.39 is 21.2 Å². The van der Waals surface area contributed by atoms with E-state index >= 15 is 0 Å². The number of imidazole rings is 1. The second kappa shape index (κ2) is 7.76. The number of rotatable bonds is 4. The zero-order chi connectivity index (χ0) is 23.3. The monoisotopic (exact) mass is 480 g/mol. The van der Waals surface area contributed by atoms with Gasteiger partial charge in [0.15, 0.2) is 11.3 Å². The lowest BCUT2D eigenvalue weighted by Crippen LogP contribution is -2.01. The summed E-state index contributed by atoms with van der Waals surface area (Å²) in [6.07, 6.45) is 0. The average Bonchev–Trinajstić information content (AvgIpc) is 3.17. The summed E-state index contributed by atoms with van der Waals surface area (Å²) in [5.74, 6) is 0.172. The molecule has 5 rings (SSSR count). The van der Waals surface area contributed by atoms with Gasteiger partial charge in [0, 0.05) is 17.7 Å². The van der Waals surface area contributed by atoms with Gasteiger partial charge in [-0.05, 0) is 30.3 Å². The highest BCUT2D eigenvalue weighted by Gasteiger charge is 2.23. The SMILES string of the molecule is O=[N+]([O-])c1cc(-c2nc3nc4ccccc4nc3n2-c2ccc(Cl)c(Cl)c2)cc([N+](=O)[O-])c1. The quantitative estimate of drug-likeness (QED) is 0.236. The number of hydrogen-bond donors (Lipinski definition) is 0. The Morgan fingerprint density at radius 1 is 0.758 bits per heavy atom. The molecule has 5 aromatic rings. The molecule has 0 bridgehead atoms. The molecule has 33 heavy (non-hydrogen) atoms. The van der Waals surface area contributed by atoms with Crippen molar-refractivity contribution in [2.75, 3.05) is 0 Å². The van der Waals surface area contributed by atoms with Gasteiger partial charge in [-0.2, -0.15) is 0 Å². The third kappa shape index (κ3) is 3.60. The van der Waals surface area contributed by atoms with Gasteiger partial charge in [0.1, 0.15) is 5.82 Å². The molecule has 2 heterocycles. The van der Waals surface area contributed by atoms with Crippen LogP contribution in [0.3, 0.4) is 0 Å². The van der Waals surface area contributed by atoms with Crippen LogP contribution in [-0.2, 0) is 0 Å². The molecule has 0 amide bonds. The Balaban J connectivity index is 1.89. The summed E-state index contributed by atoms with van der Waals surface area (Å²) in [7, 11) is 0. The minimum absolute atomic E-state index is 0.144. The molecule has 0 saturated heterocycles. The second-order valence-electron chi connectivity index (χ2n) is 6.98. The maximum atomic E-state index is 11.4. The number of fused-ring (bicyclic) bond motifs is 2. The summed E-state index contributed by atoms with van der Waals surface area (Å²) < 4.78 is 1.58. The van der Waals surface area contributed by atoms with Crippen LogP contribution in [0.5, 0.6) is 0 Å². The van der Waals surface area contributed by atoms with Crippen molar-refractivity contribution in [3.8, 4) is 17.1 Å². The van der Waals surface area contributed by atoms with Gasteiger partial charge in [0.2, 0.25) is 0 Å². The first kappa shape index (κ1) is 20.7. The number of nitrogens with zero attached hydrogens (tertiary/aromatic N) is 6. The van der Waals surface area contributed by atoms with E-state index in [-0.39, 0.29) is 22.1 Å². The first-order valence-corrected chi connectivity index (χ1v) is 10.1. The summed E-state index contributed by atoms with van der Waals surface area (Å²) in [6, 6.07) is 15.3. The Labute approximate surface area is 194 Å². The maximum absolute atomic E-state index is 11.4. The van der Waals surface area contributed by atoms with Crippen LogP contribution in [0.4, 0.5) is 11.4 Å². The van der Waals surface area contributed by atoms with Crippen LogP contribution in [0.15, 0.2) is 60.7 Å². The van der Waals surface area contributed by atoms with E-state index in [1.165, 1.54) is 12.1 Å². The molecule has 12 heteroatoms. The molecule has 0 atom stereocenters. The van der Waals surface area contributed by atoms with E-state index in [0.717, 1.165) is 6.07 Å². The normalized spacial score (nSPS) is 11.2. The number of hydrogen-bond acceptors (Lipinski definition) is 7. The van der Waals surface area contributed by atoms with E-state index in [1.807, 2.05) is 12.1 Å². The smallest absolute Gasteiger partial charge is 0.275 e. The zero-order valence-electron chi connectivity index (χ0n) is 16.3. The Hall–Kier alpha value is -4.15. The highest BCUT2D eigenvalue weighted by molar-refractivity contribution is 6.42. The van der Waals surface area contributed by atoms with Gasteiger partial charge in [-0.25, -0.2) is 15.0 Å². The van der Waals surface area contributed by atoms with E-state index in [4.69, 9.17) is 23.2 Å². The first-order chi connectivity index (χ1) is 15.8. The number of para-hydroxylation sites is 2. The molecule has 0 aliphatic carbocycles. The predicted molar refractivity (Wildman–Crippen MR) is 123 cm³/mol. The van der Waals surface area contributed by atoms with Crippen molar-refractivity contribution in [2.45, 2.75) is 0 Å². The standard InChI is InChI=1S/C21H10Cl2N6O4/c22-15-6-5-12(10-16(15)23)27-20(11-7-13(28(30)31)9-14(8-11)29(32)33)26-19-21(27)25-18-4-2-1-3-17(18)24-19/h1-10H. The average molecular weight is 481 g/mol. The Kier molecular flexibility index (Phi) is 4.88. The molecule has 0 aliphatic heterocycles. The number of nitro groups is 2. The third-order valence-corrected chi connectivity index (χ3v) is 5.65. The van der Waals surface area contributed by atoms with Crippen molar-refractivity contribution < 1.29 is 9.85 Å². The van der Waals surface area contributed by atoms with Crippen LogP contribution in [0.25, 0.3) is 39.4 Å². The van der Waals surface area contributed by atoms with Crippen LogP contribution in [0, 0.1) is 20.2 Å². The summed E-state index contributed by atoms with van der Waals surface area (Å²) in [4.78, 5) is 35.2. The lowest BCUT2D eigenvalue weighted by Gasteiger charge is -2.10. The van der Waals surface area contributed by atoms with Crippen molar-refractivity contribution in [3.63, 3.8) is 0 Å². The molecule has 0 saturated carbocycles. The van der Waals surface area contributed by atoms with Gasteiger partial charge in [0.25, 0.3) is 11.4 Å². The number of nitro benzene ring substituents is 2. The molecule has 0 N–H and O–H groups in total. The highest BCUT2D eigenvalue weighted by atomic mass is 35.5. The maximum Gasteiger partial charge on any atom is 0.277 e. The van der Waals surface area contributed by atoms with Crippen molar-refractivity contribution in [1.82, 2.24) is 19.5 Å². The molecule has 0 aliphatic rings. The number of non-ortho nitro benzene ring substituents is 2. The molecule has 3 aromatic carbocycles. The van der Waals surface area contributed by atoms with Crippen molar-refractivity contribution in [1.29, 1.82) is 0 Å². The molecule has 0 unspecified atom stereocenters. The van der Waals surface area contributed by atoms with E-state index in [2.05, 4.69) is 15.0 Å². The molecular weight excluding hydrogens is 471 g/mol. The predicted octanol–water partition coefficient (Wildman–Crippen LogP) is 5.76. The van der Waals surface area contributed by atoms with Crippen molar-refractivity contribution in [2.24, 2.45) is 0 Å². The van der Waals surface area contributed by atoms with Gasteiger partial charge >= 0.3 is 0 Å². The minimum Gasteiger partial charge on any atom is -0.275 e. The fraction of sp³-hybridized carbons (Fsp3) is 0. The Morgan fingerprint density at radius 2 is 1.39 bits per heavy atom.